The van der Waals surface area contributed by atoms with Crippen LogP contribution in [0.3, 0.4) is 0 Å². The Morgan fingerprint density at radius 2 is 1.46 bits per heavy atom. The van der Waals surface area contributed by atoms with Crippen molar-refractivity contribution in [2.45, 2.75) is 72.9 Å². The van der Waals surface area contributed by atoms with Crippen molar-refractivity contribution in [1.82, 2.24) is 13.7 Å². The molecule has 2 atom stereocenters. The zero-order valence-corrected chi connectivity index (χ0v) is 16.3. The number of nitrogens with zero attached hydrogens (tertiary/aromatic N) is 3. The van der Waals surface area contributed by atoms with Crippen LogP contribution in [0.2, 0.25) is 0 Å². The zero-order chi connectivity index (χ0) is 20.2. The minimum Gasteiger partial charge on any atom is -0.391 e. The molecule has 8 nitrogen and oxygen atoms in total. The molecule has 0 saturated carbocycles. The van der Waals surface area contributed by atoms with Gasteiger partial charge in [0.2, 0.25) is 0 Å². The summed E-state index contributed by atoms with van der Waals surface area (Å²) in [7, 11) is 0. The van der Waals surface area contributed by atoms with Crippen molar-refractivity contribution in [1.29, 1.82) is 0 Å². The summed E-state index contributed by atoms with van der Waals surface area (Å²) in [6.07, 6.45) is 0.166. The molecular weight excluding hydrogens is 338 g/mol. The summed E-state index contributed by atoms with van der Waals surface area (Å²) in [5, 5.41) is 20.6. The van der Waals surface area contributed by atoms with E-state index in [1.807, 2.05) is 20.8 Å². The van der Waals surface area contributed by atoms with E-state index in [2.05, 4.69) is 6.58 Å². The summed E-state index contributed by atoms with van der Waals surface area (Å²) < 4.78 is 2.59. The molecule has 0 saturated heterocycles. The van der Waals surface area contributed by atoms with Crippen molar-refractivity contribution in [2.24, 2.45) is 11.3 Å². The van der Waals surface area contributed by atoms with Gasteiger partial charge < -0.3 is 10.2 Å². The number of aliphatic hydroxyl groups is 2. The minimum absolute atomic E-state index is 0.0665. The number of aliphatic hydroxyl groups excluding tert-OH is 2. The van der Waals surface area contributed by atoms with Gasteiger partial charge in [0.15, 0.2) is 0 Å². The summed E-state index contributed by atoms with van der Waals surface area (Å²) in [6, 6.07) is 0. The van der Waals surface area contributed by atoms with Gasteiger partial charge in [-0.1, -0.05) is 40.7 Å². The molecule has 0 aliphatic heterocycles. The molecule has 0 aliphatic carbocycles. The lowest BCUT2D eigenvalue weighted by atomic mass is 9.84. The topological polar surface area (TPSA) is 106 Å². The van der Waals surface area contributed by atoms with E-state index in [0.717, 1.165) is 13.7 Å². The van der Waals surface area contributed by atoms with Crippen LogP contribution in [0, 0.1) is 11.3 Å². The smallest absolute Gasteiger partial charge is 0.336 e. The zero-order valence-electron chi connectivity index (χ0n) is 16.3. The highest BCUT2D eigenvalue weighted by atomic mass is 16.3. The van der Waals surface area contributed by atoms with Gasteiger partial charge in [0, 0.05) is 0 Å². The van der Waals surface area contributed by atoms with Gasteiger partial charge in [-0.25, -0.2) is 28.1 Å². The summed E-state index contributed by atoms with van der Waals surface area (Å²) in [6.45, 7) is 12.1. The first kappa shape index (κ1) is 22.1. The lowest BCUT2D eigenvalue weighted by Crippen LogP contribution is -2.57. The van der Waals surface area contributed by atoms with Crippen molar-refractivity contribution in [3.63, 3.8) is 0 Å². The maximum Gasteiger partial charge on any atom is 0.336 e. The Balaban J connectivity index is 3.57. The monoisotopic (exact) mass is 369 g/mol. The van der Waals surface area contributed by atoms with Crippen LogP contribution in [0.25, 0.3) is 0 Å². The first-order valence-corrected chi connectivity index (χ1v) is 8.89. The highest BCUT2D eigenvalue weighted by Gasteiger charge is 2.28. The van der Waals surface area contributed by atoms with Crippen LogP contribution in [0.15, 0.2) is 27.0 Å². The first-order chi connectivity index (χ1) is 12.0. The Hall–Kier alpha value is -1.93. The average molecular weight is 369 g/mol. The van der Waals surface area contributed by atoms with Crippen LogP contribution >= 0.6 is 0 Å². The molecule has 1 rings (SSSR count). The van der Waals surface area contributed by atoms with Crippen molar-refractivity contribution in [2.75, 3.05) is 0 Å². The minimum atomic E-state index is -0.948. The van der Waals surface area contributed by atoms with Gasteiger partial charge in [-0.2, -0.15) is 0 Å². The number of allylic oxidation sites excluding steroid dienone is 1. The van der Waals surface area contributed by atoms with Crippen LogP contribution in [-0.4, -0.2) is 36.1 Å². The average Bonchev–Trinajstić information content (AvgIpc) is 2.58. The van der Waals surface area contributed by atoms with Gasteiger partial charge in [-0.05, 0) is 17.8 Å². The van der Waals surface area contributed by atoms with E-state index in [1.165, 1.54) is 6.08 Å². The molecule has 2 N–H and O–H groups in total. The van der Waals surface area contributed by atoms with E-state index in [4.69, 9.17) is 0 Å². The maximum absolute atomic E-state index is 12.7. The van der Waals surface area contributed by atoms with E-state index >= 15 is 0 Å². The van der Waals surface area contributed by atoms with E-state index in [1.54, 1.807) is 13.8 Å². The predicted molar refractivity (Wildman–Crippen MR) is 100 cm³/mol. The van der Waals surface area contributed by atoms with E-state index < -0.39 is 34.7 Å². The molecular formula is C18H31N3O5. The number of hydrogen-bond donors (Lipinski definition) is 2. The Kier molecular flexibility index (Phi) is 7.35. The first-order valence-electron chi connectivity index (χ1n) is 8.89. The molecule has 1 aromatic rings. The molecule has 0 bridgehead atoms. The molecule has 0 amide bonds. The van der Waals surface area contributed by atoms with Gasteiger partial charge in [0.1, 0.15) is 0 Å². The quantitative estimate of drug-likeness (QED) is 0.604. The summed E-state index contributed by atoms with van der Waals surface area (Å²) in [5.41, 5.74) is -2.92. The fourth-order valence-electron chi connectivity index (χ4n) is 2.33. The SMILES string of the molecule is C=CCn1c(=O)n(CC(O)C(C)C)c(=O)n(CC(O)C(C)(C)CC)c1=O. The van der Waals surface area contributed by atoms with E-state index in [-0.39, 0.29) is 25.6 Å². The number of aromatic nitrogens is 3. The molecule has 8 heteroatoms. The second-order valence-electron chi connectivity index (χ2n) is 7.64. The Labute approximate surface area is 153 Å². The Morgan fingerprint density at radius 3 is 1.88 bits per heavy atom. The summed E-state index contributed by atoms with van der Waals surface area (Å²) >= 11 is 0. The standard InChI is InChI=1S/C18H31N3O5/c1-7-9-19-15(24)20(10-13(22)12(3)4)17(26)21(16(19)25)11-14(23)18(5,6)8-2/h7,12-14,22-23H,1,8-11H2,2-6H3. The van der Waals surface area contributed by atoms with Crippen molar-refractivity contribution < 1.29 is 10.2 Å². The highest BCUT2D eigenvalue weighted by molar-refractivity contribution is 4.86. The molecule has 0 aromatic carbocycles. The predicted octanol–water partition coefficient (Wildman–Crippen LogP) is 0.172. The molecule has 0 spiro atoms. The third kappa shape index (κ3) is 4.62. The van der Waals surface area contributed by atoms with Gasteiger partial charge in [0.25, 0.3) is 0 Å². The van der Waals surface area contributed by atoms with Crippen LogP contribution < -0.4 is 17.1 Å². The Bertz CT molecular complexity index is 801. The summed E-state index contributed by atoms with van der Waals surface area (Å²) in [4.78, 5) is 37.9. The molecule has 0 fully saturated rings. The van der Waals surface area contributed by atoms with Crippen molar-refractivity contribution >= 4 is 0 Å². The van der Waals surface area contributed by atoms with Gasteiger partial charge in [0.05, 0.1) is 31.8 Å². The van der Waals surface area contributed by atoms with Gasteiger partial charge >= 0.3 is 17.1 Å². The van der Waals surface area contributed by atoms with Crippen LogP contribution in [0.4, 0.5) is 0 Å². The van der Waals surface area contributed by atoms with Crippen LogP contribution in [0.5, 0.6) is 0 Å². The number of rotatable bonds is 9. The molecule has 1 heterocycles. The Morgan fingerprint density at radius 1 is 1.00 bits per heavy atom. The fourth-order valence-corrected chi connectivity index (χ4v) is 2.33. The lowest BCUT2D eigenvalue weighted by molar-refractivity contribution is 0.0298. The molecule has 26 heavy (non-hydrogen) atoms. The molecule has 2 unspecified atom stereocenters. The summed E-state index contributed by atoms with van der Waals surface area (Å²) in [5.74, 6) is -0.167. The van der Waals surface area contributed by atoms with E-state index in [9.17, 15) is 24.6 Å². The fraction of sp³-hybridized carbons (Fsp3) is 0.722. The molecule has 148 valence electrons. The molecule has 1 aromatic heterocycles. The maximum atomic E-state index is 12.7. The molecule has 0 aliphatic rings. The largest absolute Gasteiger partial charge is 0.391 e. The van der Waals surface area contributed by atoms with Crippen LogP contribution in [-0.2, 0) is 19.6 Å². The lowest BCUT2D eigenvalue weighted by Gasteiger charge is -2.29. The molecule has 0 radical (unpaired) electrons. The highest BCUT2D eigenvalue weighted by Crippen LogP contribution is 2.25. The second-order valence-corrected chi connectivity index (χ2v) is 7.64. The third-order valence-corrected chi connectivity index (χ3v) is 5.01. The van der Waals surface area contributed by atoms with Crippen molar-refractivity contribution in [3.8, 4) is 0 Å². The van der Waals surface area contributed by atoms with Crippen LogP contribution in [0.1, 0.15) is 41.0 Å². The third-order valence-electron chi connectivity index (χ3n) is 5.01. The van der Waals surface area contributed by atoms with E-state index in [0.29, 0.717) is 6.42 Å². The second kappa shape index (κ2) is 8.64. The number of hydrogen-bond acceptors (Lipinski definition) is 5. The van der Waals surface area contributed by atoms with Gasteiger partial charge in [-0.15, -0.1) is 6.58 Å². The normalized spacial score (nSPS) is 14.5. The van der Waals surface area contributed by atoms with Crippen molar-refractivity contribution in [3.05, 3.63) is 44.1 Å². The van der Waals surface area contributed by atoms with Gasteiger partial charge in [-0.3, -0.25) is 0 Å².